The van der Waals surface area contributed by atoms with E-state index in [1.807, 2.05) is 34.9 Å². The molecule has 0 unspecified atom stereocenters. The first kappa shape index (κ1) is 27.5. The number of pyridine rings is 1. The van der Waals surface area contributed by atoms with Crippen LogP contribution in [0.5, 0.6) is 17.2 Å². The van der Waals surface area contributed by atoms with Crippen molar-refractivity contribution in [3.63, 3.8) is 0 Å². The second-order valence-electron chi connectivity index (χ2n) is 11.1. The molecule has 0 aliphatic rings. The second kappa shape index (κ2) is 10.7. The molecule has 0 radical (unpaired) electrons. The van der Waals surface area contributed by atoms with Gasteiger partial charge >= 0.3 is 5.97 Å². The molecule has 8 heteroatoms. The van der Waals surface area contributed by atoms with Gasteiger partial charge in [-0.2, -0.15) is 0 Å². The Bertz CT molecular complexity index is 1470. The van der Waals surface area contributed by atoms with Gasteiger partial charge in [-0.05, 0) is 90.1 Å². The van der Waals surface area contributed by atoms with Crippen LogP contribution in [0.1, 0.15) is 51.4 Å². The summed E-state index contributed by atoms with van der Waals surface area (Å²) in [5.41, 5.74) is 2.72. The lowest BCUT2D eigenvalue weighted by Gasteiger charge is -2.34. The molecule has 4 rings (SSSR count). The number of hydrogen-bond donors (Lipinski definition) is 1. The third kappa shape index (κ3) is 6.30. The molecule has 7 nitrogen and oxygen atoms in total. The van der Waals surface area contributed by atoms with Crippen LogP contribution >= 0.6 is 15.9 Å². The van der Waals surface area contributed by atoms with Gasteiger partial charge in [0.1, 0.15) is 22.9 Å². The van der Waals surface area contributed by atoms with Gasteiger partial charge in [0.05, 0.1) is 19.8 Å². The maximum Gasteiger partial charge on any atom is 0.343 e. The van der Waals surface area contributed by atoms with E-state index in [-0.39, 0.29) is 11.0 Å². The molecule has 0 atom stereocenters. The summed E-state index contributed by atoms with van der Waals surface area (Å²) in [6.07, 6.45) is 2.95. The van der Waals surface area contributed by atoms with Gasteiger partial charge in [-0.1, -0.05) is 26.8 Å². The number of benzene rings is 2. The van der Waals surface area contributed by atoms with E-state index in [2.05, 4.69) is 55.9 Å². The monoisotopic (exact) mass is 579 g/mol. The van der Waals surface area contributed by atoms with E-state index in [0.29, 0.717) is 22.8 Å². The van der Waals surface area contributed by atoms with Crippen LogP contribution in [0.2, 0.25) is 0 Å². The number of fused-ring (bicyclic) bond motifs is 1. The smallest absolute Gasteiger partial charge is 0.343 e. The molecular formula is C30H34BrN3O4. The summed E-state index contributed by atoms with van der Waals surface area (Å²) < 4.78 is 19.5. The number of esters is 1. The van der Waals surface area contributed by atoms with E-state index in [0.717, 1.165) is 33.6 Å². The van der Waals surface area contributed by atoms with Gasteiger partial charge in [-0.15, -0.1) is 0 Å². The fraction of sp³-hybridized carbons (Fsp3) is 0.333. The maximum absolute atomic E-state index is 12.8. The molecule has 1 N–H and O–H groups in total. The van der Waals surface area contributed by atoms with Gasteiger partial charge in [0.2, 0.25) is 0 Å². The largest absolute Gasteiger partial charge is 0.497 e. The summed E-state index contributed by atoms with van der Waals surface area (Å²) in [5.74, 6) is 1.70. The number of anilines is 1. The van der Waals surface area contributed by atoms with E-state index in [1.165, 1.54) is 0 Å². The summed E-state index contributed by atoms with van der Waals surface area (Å²) in [7, 11) is 3.10. The van der Waals surface area contributed by atoms with Crippen LogP contribution in [0.4, 0.5) is 5.82 Å². The summed E-state index contributed by atoms with van der Waals surface area (Å²) in [6, 6.07) is 16.2. The number of carbonyl (C=O) groups excluding carboxylic acids is 1. The molecule has 0 aliphatic heterocycles. The zero-order valence-electron chi connectivity index (χ0n) is 22.9. The summed E-state index contributed by atoms with van der Waals surface area (Å²) in [6.45, 7) is 11.1. The zero-order chi connectivity index (χ0) is 27.7. The fourth-order valence-corrected chi connectivity index (χ4v) is 5.17. The molecular weight excluding hydrogens is 546 g/mol. The highest BCUT2D eigenvalue weighted by Gasteiger charge is 2.28. The van der Waals surface area contributed by atoms with Gasteiger partial charge < -0.3 is 19.5 Å². The third-order valence-corrected chi connectivity index (χ3v) is 6.43. The molecule has 2 aromatic carbocycles. The molecule has 0 amide bonds. The maximum atomic E-state index is 12.8. The number of hydrogen-bond acceptors (Lipinski definition) is 6. The number of halogens is 1. The average Bonchev–Trinajstić information content (AvgIpc) is 3.19. The number of carbonyl (C=O) groups is 1. The molecule has 2 aromatic heterocycles. The van der Waals surface area contributed by atoms with Gasteiger partial charge in [0.25, 0.3) is 0 Å². The van der Waals surface area contributed by atoms with E-state index in [4.69, 9.17) is 19.2 Å². The van der Waals surface area contributed by atoms with Crippen LogP contribution < -0.4 is 19.5 Å². The second-order valence-corrected chi connectivity index (χ2v) is 12.0. The lowest BCUT2D eigenvalue weighted by atomic mass is 9.82. The molecule has 0 spiro atoms. The first-order valence-corrected chi connectivity index (χ1v) is 13.2. The third-order valence-electron chi connectivity index (χ3n) is 5.96. The van der Waals surface area contributed by atoms with Crippen LogP contribution in [-0.4, -0.2) is 35.1 Å². The number of ether oxygens (including phenoxy) is 3. The molecule has 0 saturated carbocycles. The Hall–Kier alpha value is -3.52. The quantitative estimate of drug-likeness (QED) is 0.171. The van der Waals surface area contributed by atoms with Crippen molar-refractivity contribution >= 4 is 33.4 Å². The van der Waals surface area contributed by atoms with Gasteiger partial charge in [-0.3, -0.25) is 4.40 Å². The molecule has 4 aromatic rings. The van der Waals surface area contributed by atoms with E-state index < -0.39 is 5.97 Å². The Morgan fingerprint density at radius 2 is 1.74 bits per heavy atom. The van der Waals surface area contributed by atoms with Crippen molar-refractivity contribution in [3.05, 3.63) is 70.8 Å². The standard InChI is InChI=1S/C30H34BrN3O4/c1-29(2,3)18-30(4,5)33-27-26(32-25-14-12-21(31)17-34(25)27)19-11-13-23(24(16-19)37-7)38-28(35)20-9-8-10-22(15-20)36-6/h8-17,33H,18H2,1-7H3. The van der Waals surface area contributed by atoms with Gasteiger partial charge in [0, 0.05) is 21.8 Å². The lowest BCUT2D eigenvalue weighted by molar-refractivity contribution is 0.0729. The van der Waals surface area contributed by atoms with Crippen molar-refractivity contribution in [1.82, 2.24) is 9.38 Å². The minimum absolute atomic E-state index is 0.134. The van der Waals surface area contributed by atoms with Crippen molar-refractivity contribution < 1.29 is 19.0 Å². The van der Waals surface area contributed by atoms with Crippen molar-refractivity contribution in [2.75, 3.05) is 19.5 Å². The zero-order valence-corrected chi connectivity index (χ0v) is 24.5. The summed E-state index contributed by atoms with van der Waals surface area (Å²) in [5, 5.41) is 3.75. The van der Waals surface area contributed by atoms with Crippen molar-refractivity contribution in [2.24, 2.45) is 5.41 Å². The number of nitrogens with one attached hydrogen (secondary N) is 1. The van der Waals surface area contributed by atoms with Crippen LogP contribution in [0, 0.1) is 5.41 Å². The summed E-state index contributed by atoms with van der Waals surface area (Å²) in [4.78, 5) is 17.8. The summed E-state index contributed by atoms with van der Waals surface area (Å²) >= 11 is 3.59. The first-order chi connectivity index (χ1) is 17.9. The highest BCUT2D eigenvalue weighted by atomic mass is 79.9. The van der Waals surface area contributed by atoms with E-state index >= 15 is 0 Å². The van der Waals surface area contributed by atoms with Gasteiger partial charge in [-0.25, -0.2) is 9.78 Å². The van der Waals surface area contributed by atoms with Crippen molar-refractivity contribution in [2.45, 2.75) is 46.6 Å². The molecule has 38 heavy (non-hydrogen) atoms. The SMILES string of the molecule is COc1cccc(C(=O)Oc2ccc(-c3nc4ccc(Br)cn4c3NC(C)(C)CC(C)(C)C)cc2OC)c1. The Morgan fingerprint density at radius 1 is 0.974 bits per heavy atom. The molecule has 0 saturated heterocycles. The highest BCUT2D eigenvalue weighted by molar-refractivity contribution is 9.10. The predicted molar refractivity (Wildman–Crippen MR) is 155 cm³/mol. The number of nitrogens with zero attached hydrogens (tertiary/aromatic N) is 2. The topological polar surface area (TPSA) is 74.1 Å². The van der Waals surface area contributed by atoms with Crippen LogP contribution in [-0.2, 0) is 0 Å². The normalized spacial score (nSPS) is 11.9. The molecule has 0 fully saturated rings. The first-order valence-electron chi connectivity index (χ1n) is 12.4. The van der Waals surface area contributed by atoms with Crippen molar-refractivity contribution in [1.29, 1.82) is 0 Å². The van der Waals surface area contributed by atoms with Crippen LogP contribution in [0.15, 0.2) is 65.3 Å². The highest BCUT2D eigenvalue weighted by Crippen LogP contribution is 2.38. The van der Waals surface area contributed by atoms with E-state index in [9.17, 15) is 4.79 Å². The Kier molecular flexibility index (Phi) is 7.74. The van der Waals surface area contributed by atoms with Crippen molar-refractivity contribution in [3.8, 4) is 28.5 Å². The van der Waals surface area contributed by atoms with Gasteiger partial charge in [0.15, 0.2) is 11.5 Å². The molecule has 0 bridgehead atoms. The average molecular weight is 581 g/mol. The van der Waals surface area contributed by atoms with E-state index in [1.54, 1.807) is 44.6 Å². The number of imidazole rings is 1. The minimum atomic E-state index is -0.501. The Morgan fingerprint density at radius 3 is 2.42 bits per heavy atom. The predicted octanol–water partition coefficient (Wildman–Crippen LogP) is 7.63. The van der Waals surface area contributed by atoms with Crippen LogP contribution in [0.25, 0.3) is 16.9 Å². The fourth-order valence-electron chi connectivity index (χ4n) is 4.84. The molecule has 0 aliphatic carbocycles. The Balaban J connectivity index is 1.73. The minimum Gasteiger partial charge on any atom is -0.497 e. The number of rotatable bonds is 8. The number of methoxy groups -OCH3 is 2. The molecule has 2 heterocycles. The number of aromatic nitrogens is 2. The Labute approximate surface area is 232 Å². The lowest BCUT2D eigenvalue weighted by Crippen LogP contribution is -2.36. The molecule has 200 valence electrons. The van der Waals surface area contributed by atoms with Crippen LogP contribution in [0.3, 0.4) is 0 Å².